The molecule has 0 spiro atoms. The van der Waals surface area contributed by atoms with E-state index >= 15 is 0 Å². The molecule has 2 N–H and O–H groups in total. The maximum Gasteiger partial charge on any atom is 0.226 e. The molecule has 0 radical (unpaired) electrons. The largest absolute Gasteiger partial charge is 0.495 e. The van der Waals surface area contributed by atoms with Crippen molar-refractivity contribution < 1.29 is 9.53 Å². The van der Waals surface area contributed by atoms with E-state index in [0.717, 1.165) is 17.0 Å². The lowest BCUT2D eigenvalue weighted by atomic mass is 10.2. The second-order valence-electron chi connectivity index (χ2n) is 5.06. The van der Waals surface area contributed by atoms with Gasteiger partial charge >= 0.3 is 0 Å². The van der Waals surface area contributed by atoms with Gasteiger partial charge in [-0.3, -0.25) is 4.79 Å². The highest BCUT2D eigenvalue weighted by atomic mass is 35.5. The maximum atomic E-state index is 12.0. The molecule has 0 saturated heterocycles. The first-order valence-corrected chi connectivity index (χ1v) is 7.88. The Morgan fingerprint density at radius 2 is 1.91 bits per heavy atom. The van der Waals surface area contributed by atoms with Crippen molar-refractivity contribution in [3.05, 3.63) is 52.0 Å². The van der Waals surface area contributed by atoms with Crippen LogP contribution in [-0.4, -0.2) is 19.6 Å². The van der Waals surface area contributed by atoms with Crippen molar-refractivity contribution in [3.8, 4) is 5.75 Å². The quantitative estimate of drug-likeness (QED) is 0.788. The molecular formula is C17H18Cl2N2O2. The van der Waals surface area contributed by atoms with Crippen LogP contribution in [0.3, 0.4) is 0 Å². The second kappa shape index (κ2) is 8.09. The molecule has 0 fully saturated rings. The summed E-state index contributed by atoms with van der Waals surface area (Å²) < 4.78 is 5.29. The lowest BCUT2D eigenvalue weighted by Crippen LogP contribution is -2.16. The fourth-order valence-electron chi connectivity index (χ4n) is 2.07. The molecule has 2 aromatic rings. The van der Waals surface area contributed by atoms with Crippen LogP contribution >= 0.6 is 23.2 Å². The summed E-state index contributed by atoms with van der Waals surface area (Å²) in [6, 6.07) is 10.8. The number of hydrogen-bond acceptors (Lipinski definition) is 3. The molecule has 4 nitrogen and oxygen atoms in total. The average Bonchev–Trinajstić information content (AvgIpc) is 2.51. The number of nitrogens with one attached hydrogen (secondary N) is 2. The molecule has 2 rings (SSSR count). The third kappa shape index (κ3) is 5.05. The molecule has 0 saturated carbocycles. The van der Waals surface area contributed by atoms with E-state index in [1.165, 1.54) is 0 Å². The fraction of sp³-hybridized carbons (Fsp3) is 0.235. The number of rotatable bonds is 6. The van der Waals surface area contributed by atoms with Gasteiger partial charge in [0.25, 0.3) is 0 Å². The molecule has 0 bridgehead atoms. The minimum Gasteiger partial charge on any atom is -0.495 e. The summed E-state index contributed by atoms with van der Waals surface area (Å²) in [6.45, 7) is 2.49. The zero-order chi connectivity index (χ0) is 16.8. The molecule has 0 heterocycles. The van der Waals surface area contributed by atoms with Gasteiger partial charge in [0.15, 0.2) is 0 Å². The van der Waals surface area contributed by atoms with Crippen LogP contribution in [0.25, 0.3) is 0 Å². The number of amides is 1. The highest BCUT2D eigenvalue weighted by Gasteiger charge is 2.06. The van der Waals surface area contributed by atoms with E-state index in [0.29, 0.717) is 28.7 Å². The van der Waals surface area contributed by atoms with Gasteiger partial charge in [0, 0.05) is 18.7 Å². The summed E-state index contributed by atoms with van der Waals surface area (Å²) in [4.78, 5) is 12.0. The molecule has 0 aliphatic carbocycles. The van der Waals surface area contributed by atoms with Crippen LogP contribution in [-0.2, 0) is 4.79 Å². The average molecular weight is 353 g/mol. The van der Waals surface area contributed by atoms with Crippen LogP contribution in [0.4, 0.5) is 11.4 Å². The molecule has 122 valence electrons. The molecule has 0 aliphatic heterocycles. The summed E-state index contributed by atoms with van der Waals surface area (Å²) in [5, 5.41) is 6.86. The molecule has 0 atom stereocenters. The van der Waals surface area contributed by atoms with Crippen LogP contribution in [0.5, 0.6) is 5.75 Å². The number of hydrogen-bond donors (Lipinski definition) is 2. The van der Waals surface area contributed by atoms with E-state index in [2.05, 4.69) is 10.6 Å². The minimum absolute atomic E-state index is 0.109. The summed E-state index contributed by atoms with van der Waals surface area (Å²) >= 11 is 11.8. The predicted molar refractivity (Wildman–Crippen MR) is 95.9 cm³/mol. The molecule has 2 aromatic carbocycles. The topological polar surface area (TPSA) is 50.4 Å². The highest BCUT2D eigenvalue weighted by molar-refractivity contribution is 6.42. The fourth-order valence-corrected chi connectivity index (χ4v) is 2.37. The van der Waals surface area contributed by atoms with E-state index < -0.39 is 0 Å². The van der Waals surface area contributed by atoms with E-state index in [1.54, 1.807) is 25.3 Å². The van der Waals surface area contributed by atoms with Gasteiger partial charge in [-0.2, -0.15) is 0 Å². The van der Waals surface area contributed by atoms with Gasteiger partial charge < -0.3 is 15.4 Å². The molecule has 1 amide bonds. The first-order chi connectivity index (χ1) is 11.0. The third-order valence-electron chi connectivity index (χ3n) is 3.23. The summed E-state index contributed by atoms with van der Waals surface area (Å²) in [6.07, 6.45) is 0.317. The lowest BCUT2D eigenvalue weighted by Gasteiger charge is -2.12. The van der Waals surface area contributed by atoms with Crippen molar-refractivity contribution in [2.24, 2.45) is 0 Å². The van der Waals surface area contributed by atoms with Crippen molar-refractivity contribution >= 4 is 40.5 Å². The van der Waals surface area contributed by atoms with Gasteiger partial charge in [0.05, 0.1) is 22.8 Å². The van der Waals surface area contributed by atoms with Gasteiger partial charge in [0.2, 0.25) is 5.91 Å². The smallest absolute Gasteiger partial charge is 0.226 e. The van der Waals surface area contributed by atoms with Gasteiger partial charge in [-0.1, -0.05) is 29.3 Å². The van der Waals surface area contributed by atoms with Gasteiger partial charge in [-0.05, 0) is 42.8 Å². The monoisotopic (exact) mass is 352 g/mol. The molecule has 23 heavy (non-hydrogen) atoms. The molecule has 0 aromatic heterocycles. The lowest BCUT2D eigenvalue weighted by molar-refractivity contribution is -0.115. The van der Waals surface area contributed by atoms with E-state index in [1.807, 2.05) is 25.1 Å². The van der Waals surface area contributed by atoms with Crippen molar-refractivity contribution in [2.75, 3.05) is 24.3 Å². The molecule has 0 unspecified atom stereocenters. The number of ether oxygens (including phenoxy) is 1. The van der Waals surface area contributed by atoms with Gasteiger partial charge in [-0.15, -0.1) is 0 Å². The van der Waals surface area contributed by atoms with E-state index in [-0.39, 0.29) is 5.91 Å². The Kier molecular flexibility index (Phi) is 6.13. The number of methoxy groups -OCH3 is 1. The minimum atomic E-state index is -0.109. The van der Waals surface area contributed by atoms with Gasteiger partial charge in [0.1, 0.15) is 5.75 Å². The summed E-state index contributed by atoms with van der Waals surface area (Å²) in [5.41, 5.74) is 2.61. The molecular weight excluding hydrogens is 335 g/mol. The Morgan fingerprint density at radius 1 is 1.13 bits per heavy atom. The standard InChI is InChI=1S/C17H18Cl2N2O2/c1-11-3-6-16(23-2)15(9-11)20-8-7-17(22)21-12-4-5-13(18)14(19)10-12/h3-6,9-10,20H,7-8H2,1-2H3,(H,21,22). The van der Waals surface area contributed by atoms with Crippen LogP contribution in [0, 0.1) is 6.92 Å². The van der Waals surface area contributed by atoms with Crippen LogP contribution < -0.4 is 15.4 Å². The van der Waals surface area contributed by atoms with E-state index in [9.17, 15) is 4.79 Å². The first kappa shape index (κ1) is 17.4. The Hall–Kier alpha value is -1.91. The third-order valence-corrected chi connectivity index (χ3v) is 3.96. The van der Waals surface area contributed by atoms with Crippen molar-refractivity contribution in [3.63, 3.8) is 0 Å². The van der Waals surface area contributed by atoms with E-state index in [4.69, 9.17) is 27.9 Å². The highest BCUT2D eigenvalue weighted by Crippen LogP contribution is 2.26. The Balaban J connectivity index is 1.87. The number of halogens is 2. The number of anilines is 2. The van der Waals surface area contributed by atoms with Crippen LogP contribution in [0.1, 0.15) is 12.0 Å². The second-order valence-corrected chi connectivity index (χ2v) is 5.87. The summed E-state index contributed by atoms with van der Waals surface area (Å²) in [5.74, 6) is 0.642. The van der Waals surface area contributed by atoms with Crippen molar-refractivity contribution in [1.82, 2.24) is 0 Å². The number of benzene rings is 2. The number of carbonyl (C=O) groups excluding carboxylic acids is 1. The molecule has 6 heteroatoms. The van der Waals surface area contributed by atoms with Gasteiger partial charge in [-0.25, -0.2) is 0 Å². The Morgan fingerprint density at radius 3 is 2.61 bits per heavy atom. The zero-order valence-electron chi connectivity index (χ0n) is 13.0. The van der Waals surface area contributed by atoms with Crippen molar-refractivity contribution in [2.45, 2.75) is 13.3 Å². The first-order valence-electron chi connectivity index (χ1n) is 7.13. The summed E-state index contributed by atoms with van der Waals surface area (Å²) in [7, 11) is 1.62. The zero-order valence-corrected chi connectivity index (χ0v) is 14.5. The van der Waals surface area contributed by atoms with Crippen LogP contribution in [0.15, 0.2) is 36.4 Å². The van der Waals surface area contributed by atoms with Crippen molar-refractivity contribution in [1.29, 1.82) is 0 Å². The molecule has 0 aliphatic rings. The Bertz CT molecular complexity index is 705. The number of aryl methyl sites for hydroxylation is 1. The number of carbonyl (C=O) groups is 1. The predicted octanol–water partition coefficient (Wildman–Crippen LogP) is 4.75. The maximum absolute atomic E-state index is 12.0. The normalized spacial score (nSPS) is 10.3. The Labute approximate surface area is 145 Å². The SMILES string of the molecule is COc1ccc(C)cc1NCCC(=O)Nc1ccc(Cl)c(Cl)c1. The van der Waals surface area contributed by atoms with Crippen LogP contribution in [0.2, 0.25) is 10.0 Å².